The molecule has 2 aromatic carbocycles. The van der Waals surface area contributed by atoms with E-state index < -0.39 is 0 Å². The molecule has 0 unspecified atom stereocenters. The molecule has 20 heavy (non-hydrogen) atoms. The maximum absolute atomic E-state index is 13.2. The third kappa shape index (κ3) is 3.81. The Labute approximate surface area is 127 Å². The van der Waals surface area contributed by atoms with Crippen LogP contribution >= 0.6 is 15.9 Å². The van der Waals surface area contributed by atoms with E-state index in [1.54, 1.807) is 13.2 Å². The molecule has 0 aliphatic heterocycles. The zero-order valence-electron chi connectivity index (χ0n) is 11.5. The number of nitrogens with one attached hydrogen (secondary N) is 1. The predicted molar refractivity (Wildman–Crippen MR) is 82.4 cm³/mol. The minimum atomic E-state index is -0.217. The van der Waals surface area contributed by atoms with E-state index in [1.807, 2.05) is 19.1 Å². The quantitative estimate of drug-likeness (QED) is 0.882. The number of ether oxygens (including phenoxy) is 1. The summed E-state index contributed by atoms with van der Waals surface area (Å²) in [5, 5.41) is 3.31. The van der Waals surface area contributed by atoms with Gasteiger partial charge in [-0.2, -0.15) is 0 Å². The summed E-state index contributed by atoms with van der Waals surface area (Å²) in [6.45, 7) is 3.36. The number of benzene rings is 2. The molecule has 0 aromatic heterocycles. The summed E-state index contributed by atoms with van der Waals surface area (Å²) >= 11 is 3.42. The number of hydrogen-bond donors (Lipinski definition) is 1. The molecule has 0 fully saturated rings. The van der Waals surface area contributed by atoms with Gasteiger partial charge in [-0.25, -0.2) is 4.39 Å². The Balaban J connectivity index is 1.96. The van der Waals surface area contributed by atoms with E-state index in [9.17, 15) is 4.39 Å². The van der Waals surface area contributed by atoms with Gasteiger partial charge in [0.05, 0.1) is 7.11 Å². The number of hydrogen-bond acceptors (Lipinski definition) is 2. The molecule has 0 saturated carbocycles. The molecule has 0 atom stereocenters. The fourth-order valence-electron chi connectivity index (χ4n) is 2.07. The van der Waals surface area contributed by atoms with E-state index in [2.05, 4.69) is 27.3 Å². The number of halogens is 2. The monoisotopic (exact) mass is 337 g/mol. The van der Waals surface area contributed by atoms with E-state index in [0.29, 0.717) is 6.54 Å². The average Bonchev–Trinajstić information content (AvgIpc) is 2.43. The van der Waals surface area contributed by atoms with Crippen LogP contribution in [0.5, 0.6) is 5.75 Å². The van der Waals surface area contributed by atoms with Crippen molar-refractivity contribution in [3.05, 3.63) is 63.4 Å². The largest absolute Gasteiger partial charge is 0.496 e. The van der Waals surface area contributed by atoms with Crippen molar-refractivity contribution >= 4 is 15.9 Å². The van der Waals surface area contributed by atoms with Crippen molar-refractivity contribution in [2.75, 3.05) is 7.11 Å². The summed E-state index contributed by atoms with van der Waals surface area (Å²) < 4.78 is 19.3. The summed E-state index contributed by atoms with van der Waals surface area (Å²) in [5.41, 5.74) is 3.20. The van der Waals surface area contributed by atoms with Crippen molar-refractivity contribution < 1.29 is 9.13 Å². The molecular formula is C16H17BrFNO. The van der Waals surface area contributed by atoms with Crippen molar-refractivity contribution in [3.63, 3.8) is 0 Å². The minimum Gasteiger partial charge on any atom is -0.496 e. The van der Waals surface area contributed by atoms with Gasteiger partial charge in [0.15, 0.2) is 0 Å². The second-order valence-electron chi connectivity index (χ2n) is 4.64. The Morgan fingerprint density at radius 1 is 1.15 bits per heavy atom. The SMILES string of the molecule is COc1ccc(CNCc2cc(F)ccc2Br)cc1C. The molecule has 0 aliphatic rings. The van der Waals surface area contributed by atoms with Gasteiger partial charge in [-0.3, -0.25) is 0 Å². The highest BCUT2D eigenvalue weighted by Gasteiger charge is 2.03. The van der Waals surface area contributed by atoms with Crippen molar-refractivity contribution in [1.82, 2.24) is 5.32 Å². The van der Waals surface area contributed by atoms with Crippen molar-refractivity contribution in [2.24, 2.45) is 0 Å². The molecular weight excluding hydrogens is 321 g/mol. The Hall–Kier alpha value is -1.39. The third-order valence-corrected chi connectivity index (χ3v) is 3.89. The van der Waals surface area contributed by atoms with Crippen LogP contribution in [0.25, 0.3) is 0 Å². The van der Waals surface area contributed by atoms with Crippen LogP contribution in [0.2, 0.25) is 0 Å². The standard InChI is InChI=1S/C16H17BrFNO/c1-11-7-12(3-6-16(11)20-2)9-19-10-13-8-14(18)4-5-15(13)17/h3-8,19H,9-10H2,1-2H3. The van der Waals surface area contributed by atoms with Crippen LogP contribution in [-0.4, -0.2) is 7.11 Å². The first kappa shape index (κ1) is 15.0. The lowest BCUT2D eigenvalue weighted by molar-refractivity contribution is 0.411. The zero-order chi connectivity index (χ0) is 14.5. The first-order valence-corrected chi connectivity index (χ1v) is 7.17. The summed E-state index contributed by atoms with van der Waals surface area (Å²) in [6.07, 6.45) is 0. The van der Waals surface area contributed by atoms with Crippen LogP contribution in [0.15, 0.2) is 40.9 Å². The molecule has 2 nitrogen and oxygen atoms in total. The van der Waals surface area contributed by atoms with E-state index in [0.717, 1.165) is 27.9 Å². The lowest BCUT2D eigenvalue weighted by atomic mass is 10.1. The topological polar surface area (TPSA) is 21.3 Å². The highest BCUT2D eigenvalue weighted by Crippen LogP contribution is 2.19. The second-order valence-corrected chi connectivity index (χ2v) is 5.50. The summed E-state index contributed by atoms with van der Waals surface area (Å²) in [7, 11) is 1.67. The molecule has 0 bridgehead atoms. The number of aryl methyl sites for hydroxylation is 1. The summed E-state index contributed by atoms with van der Waals surface area (Å²) in [6, 6.07) is 10.8. The van der Waals surface area contributed by atoms with Crippen molar-refractivity contribution in [3.8, 4) is 5.75 Å². The van der Waals surface area contributed by atoms with Gasteiger partial charge < -0.3 is 10.1 Å². The van der Waals surface area contributed by atoms with Crippen molar-refractivity contribution in [2.45, 2.75) is 20.0 Å². The van der Waals surface area contributed by atoms with Crippen LogP contribution in [0.3, 0.4) is 0 Å². The van der Waals surface area contributed by atoms with Gasteiger partial charge in [-0.15, -0.1) is 0 Å². The van der Waals surface area contributed by atoms with Gasteiger partial charge >= 0.3 is 0 Å². The van der Waals surface area contributed by atoms with E-state index in [4.69, 9.17) is 4.74 Å². The molecule has 106 valence electrons. The Morgan fingerprint density at radius 3 is 2.65 bits per heavy atom. The molecule has 4 heteroatoms. The minimum absolute atomic E-state index is 0.217. The normalized spacial score (nSPS) is 10.6. The molecule has 0 radical (unpaired) electrons. The van der Waals surface area contributed by atoms with Crippen LogP contribution in [0, 0.1) is 12.7 Å². The van der Waals surface area contributed by atoms with E-state index in [1.165, 1.54) is 17.7 Å². The lowest BCUT2D eigenvalue weighted by Gasteiger charge is -2.09. The van der Waals surface area contributed by atoms with Gasteiger partial charge in [0.25, 0.3) is 0 Å². The number of rotatable bonds is 5. The van der Waals surface area contributed by atoms with Crippen LogP contribution in [-0.2, 0) is 13.1 Å². The second kappa shape index (κ2) is 6.86. The van der Waals surface area contributed by atoms with Crippen LogP contribution < -0.4 is 10.1 Å². The Bertz CT molecular complexity index is 601. The Morgan fingerprint density at radius 2 is 1.95 bits per heavy atom. The van der Waals surface area contributed by atoms with E-state index >= 15 is 0 Å². The van der Waals surface area contributed by atoms with Crippen LogP contribution in [0.1, 0.15) is 16.7 Å². The zero-order valence-corrected chi connectivity index (χ0v) is 13.1. The summed E-state index contributed by atoms with van der Waals surface area (Å²) in [4.78, 5) is 0. The molecule has 0 heterocycles. The van der Waals surface area contributed by atoms with Gasteiger partial charge in [0.1, 0.15) is 11.6 Å². The fraction of sp³-hybridized carbons (Fsp3) is 0.250. The molecule has 0 saturated heterocycles. The molecule has 2 rings (SSSR count). The smallest absolute Gasteiger partial charge is 0.123 e. The Kier molecular flexibility index (Phi) is 5.15. The highest BCUT2D eigenvalue weighted by molar-refractivity contribution is 9.10. The average molecular weight is 338 g/mol. The first-order chi connectivity index (χ1) is 9.60. The predicted octanol–water partition coefficient (Wildman–Crippen LogP) is 4.20. The van der Waals surface area contributed by atoms with Gasteiger partial charge in [-0.1, -0.05) is 28.1 Å². The van der Waals surface area contributed by atoms with Gasteiger partial charge in [-0.05, 0) is 47.9 Å². The first-order valence-electron chi connectivity index (χ1n) is 6.38. The molecule has 2 aromatic rings. The van der Waals surface area contributed by atoms with Gasteiger partial charge in [0, 0.05) is 17.6 Å². The lowest BCUT2D eigenvalue weighted by Crippen LogP contribution is -2.13. The maximum atomic E-state index is 13.2. The third-order valence-electron chi connectivity index (χ3n) is 3.11. The molecule has 0 amide bonds. The van der Waals surface area contributed by atoms with Crippen LogP contribution in [0.4, 0.5) is 4.39 Å². The molecule has 0 aliphatic carbocycles. The maximum Gasteiger partial charge on any atom is 0.123 e. The molecule has 0 spiro atoms. The summed E-state index contributed by atoms with van der Waals surface area (Å²) in [5.74, 6) is 0.673. The fourth-order valence-corrected chi connectivity index (χ4v) is 2.46. The van der Waals surface area contributed by atoms with Gasteiger partial charge in [0.2, 0.25) is 0 Å². The number of methoxy groups -OCH3 is 1. The highest BCUT2D eigenvalue weighted by atomic mass is 79.9. The van der Waals surface area contributed by atoms with Crippen molar-refractivity contribution in [1.29, 1.82) is 0 Å². The van der Waals surface area contributed by atoms with E-state index in [-0.39, 0.29) is 5.82 Å². The molecule has 1 N–H and O–H groups in total.